The standard InChI is InChI=1S/C11H14N2O5/c1-15-9-8(5-14)10(13-11(12-9)16-2)18-7-3-4-17-6-7/h5,7H,3-4,6H2,1-2H3/t7-/m1/s1. The fourth-order valence-corrected chi connectivity index (χ4v) is 1.61. The van der Waals surface area contributed by atoms with Crippen molar-refractivity contribution in [3.63, 3.8) is 0 Å². The van der Waals surface area contributed by atoms with Crippen LogP contribution < -0.4 is 14.2 Å². The van der Waals surface area contributed by atoms with E-state index in [0.717, 1.165) is 6.42 Å². The highest BCUT2D eigenvalue weighted by Gasteiger charge is 2.23. The van der Waals surface area contributed by atoms with Crippen LogP contribution in [0.25, 0.3) is 0 Å². The molecule has 0 aliphatic carbocycles. The molecule has 1 atom stereocenters. The highest BCUT2D eigenvalue weighted by Crippen LogP contribution is 2.27. The van der Waals surface area contributed by atoms with Crippen molar-refractivity contribution < 1.29 is 23.7 Å². The molecule has 0 aromatic carbocycles. The van der Waals surface area contributed by atoms with Crippen LogP contribution in [0.4, 0.5) is 0 Å². The Labute approximate surface area is 104 Å². The molecule has 0 saturated carbocycles. The quantitative estimate of drug-likeness (QED) is 0.707. The Morgan fingerprint density at radius 2 is 2.06 bits per heavy atom. The lowest BCUT2D eigenvalue weighted by Crippen LogP contribution is -2.18. The monoisotopic (exact) mass is 254 g/mol. The fraction of sp³-hybridized carbons (Fsp3) is 0.545. The van der Waals surface area contributed by atoms with Crippen LogP contribution in [0.2, 0.25) is 0 Å². The number of methoxy groups -OCH3 is 2. The molecule has 98 valence electrons. The number of aromatic nitrogens is 2. The van der Waals surface area contributed by atoms with Gasteiger partial charge in [-0.15, -0.1) is 0 Å². The molecule has 1 aliphatic heterocycles. The molecule has 1 fully saturated rings. The Kier molecular flexibility index (Phi) is 3.93. The molecule has 0 unspecified atom stereocenters. The number of hydrogen-bond donors (Lipinski definition) is 0. The first kappa shape index (κ1) is 12.6. The summed E-state index contributed by atoms with van der Waals surface area (Å²) < 4.78 is 20.8. The van der Waals surface area contributed by atoms with Gasteiger partial charge >= 0.3 is 6.01 Å². The van der Waals surface area contributed by atoms with E-state index in [-0.39, 0.29) is 29.4 Å². The highest BCUT2D eigenvalue weighted by atomic mass is 16.6. The Balaban J connectivity index is 2.32. The molecule has 0 bridgehead atoms. The molecular formula is C11H14N2O5. The van der Waals surface area contributed by atoms with Crippen molar-refractivity contribution in [2.75, 3.05) is 27.4 Å². The maximum Gasteiger partial charge on any atom is 0.322 e. The molecule has 2 heterocycles. The average Bonchev–Trinajstić information content (AvgIpc) is 2.90. The van der Waals surface area contributed by atoms with E-state index >= 15 is 0 Å². The summed E-state index contributed by atoms with van der Waals surface area (Å²) in [6, 6.07) is 0.0892. The molecule has 7 heteroatoms. The minimum atomic E-state index is -0.118. The summed E-state index contributed by atoms with van der Waals surface area (Å²) in [5.41, 5.74) is 0.171. The summed E-state index contributed by atoms with van der Waals surface area (Å²) in [4.78, 5) is 19.0. The van der Waals surface area contributed by atoms with Gasteiger partial charge in [0.1, 0.15) is 11.7 Å². The minimum absolute atomic E-state index is 0.0892. The molecule has 1 aromatic rings. The van der Waals surface area contributed by atoms with E-state index in [1.54, 1.807) is 0 Å². The lowest BCUT2D eigenvalue weighted by molar-refractivity contribution is 0.110. The van der Waals surface area contributed by atoms with Crippen molar-refractivity contribution in [3.8, 4) is 17.8 Å². The Hall–Kier alpha value is -1.89. The van der Waals surface area contributed by atoms with Crippen molar-refractivity contribution in [2.24, 2.45) is 0 Å². The van der Waals surface area contributed by atoms with Crippen molar-refractivity contribution in [1.29, 1.82) is 0 Å². The van der Waals surface area contributed by atoms with Gasteiger partial charge in [0, 0.05) is 6.42 Å². The van der Waals surface area contributed by atoms with E-state index in [4.69, 9.17) is 18.9 Å². The number of rotatable bonds is 5. The summed E-state index contributed by atoms with van der Waals surface area (Å²) in [5.74, 6) is 0.287. The van der Waals surface area contributed by atoms with Crippen molar-refractivity contribution >= 4 is 6.29 Å². The Morgan fingerprint density at radius 3 is 2.61 bits per heavy atom. The highest BCUT2D eigenvalue weighted by molar-refractivity contribution is 5.81. The van der Waals surface area contributed by atoms with Gasteiger partial charge < -0.3 is 18.9 Å². The SMILES string of the molecule is COc1nc(OC)c(C=O)c(O[C@@H]2CCOC2)n1. The van der Waals surface area contributed by atoms with Crippen LogP contribution >= 0.6 is 0 Å². The van der Waals surface area contributed by atoms with Crippen molar-refractivity contribution in [1.82, 2.24) is 9.97 Å². The van der Waals surface area contributed by atoms with E-state index in [2.05, 4.69) is 9.97 Å². The first-order chi connectivity index (χ1) is 8.78. The predicted molar refractivity (Wildman–Crippen MR) is 60.4 cm³/mol. The Bertz CT molecular complexity index is 432. The second-order valence-corrected chi connectivity index (χ2v) is 3.66. The van der Waals surface area contributed by atoms with Crippen molar-refractivity contribution in [3.05, 3.63) is 5.56 Å². The van der Waals surface area contributed by atoms with Gasteiger partial charge in [-0.1, -0.05) is 0 Å². The fourth-order valence-electron chi connectivity index (χ4n) is 1.61. The van der Waals surface area contributed by atoms with Gasteiger partial charge in [-0.25, -0.2) is 0 Å². The second kappa shape index (κ2) is 5.63. The number of nitrogens with zero attached hydrogens (tertiary/aromatic N) is 2. The largest absolute Gasteiger partial charge is 0.480 e. The first-order valence-corrected chi connectivity index (χ1v) is 5.48. The van der Waals surface area contributed by atoms with Gasteiger partial charge in [0.05, 0.1) is 27.4 Å². The first-order valence-electron chi connectivity index (χ1n) is 5.48. The number of aldehydes is 1. The van der Waals surface area contributed by atoms with E-state index in [1.807, 2.05) is 0 Å². The average molecular weight is 254 g/mol. The van der Waals surface area contributed by atoms with E-state index in [1.165, 1.54) is 14.2 Å². The molecule has 1 aliphatic rings. The molecule has 0 radical (unpaired) electrons. The van der Waals surface area contributed by atoms with Crippen molar-refractivity contribution in [2.45, 2.75) is 12.5 Å². The summed E-state index contributed by atoms with van der Waals surface area (Å²) in [6.45, 7) is 1.12. The maximum atomic E-state index is 11.1. The molecule has 7 nitrogen and oxygen atoms in total. The molecule has 2 rings (SSSR count). The summed E-state index contributed by atoms with van der Waals surface area (Å²) >= 11 is 0. The van der Waals surface area contributed by atoms with Crippen LogP contribution in [0.1, 0.15) is 16.8 Å². The second-order valence-electron chi connectivity index (χ2n) is 3.66. The van der Waals surface area contributed by atoms with Crippen LogP contribution in [-0.2, 0) is 4.74 Å². The molecule has 0 N–H and O–H groups in total. The van der Waals surface area contributed by atoms with Gasteiger partial charge in [0.15, 0.2) is 6.29 Å². The van der Waals surface area contributed by atoms with E-state index in [0.29, 0.717) is 19.5 Å². The third-order valence-corrected chi connectivity index (χ3v) is 2.52. The summed E-state index contributed by atoms with van der Waals surface area (Å²) in [7, 11) is 2.84. The van der Waals surface area contributed by atoms with Gasteiger partial charge in [0.25, 0.3) is 0 Å². The predicted octanol–water partition coefficient (Wildman–Crippen LogP) is 0.474. The topological polar surface area (TPSA) is 79.8 Å². The zero-order valence-electron chi connectivity index (χ0n) is 10.2. The van der Waals surface area contributed by atoms with Crippen LogP contribution in [0, 0.1) is 0 Å². The third kappa shape index (κ3) is 2.51. The maximum absolute atomic E-state index is 11.1. The normalized spacial score (nSPS) is 18.4. The number of hydrogen-bond acceptors (Lipinski definition) is 7. The molecule has 1 aromatic heterocycles. The van der Waals surface area contributed by atoms with Gasteiger partial charge in [-0.2, -0.15) is 9.97 Å². The summed E-state index contributed by atoms with van der Waals surface area (Å²) in [6.07, 6.45) is 1.24. The Morgan fingerprint density at radius 1 is 1.28 bits per heavy atom. The molecule has 1 saturated heterocycles. The lowest BCUT2D eigenvalue weighted by atomic mass is 10.3. The third-order valence-electron chi connectivity index (χ3n) is 2.52. The van der Waals surface area contributed by atoms with E-state index < -0.39 is 0 Å². The zero-order chi connectivity index (χ0) is 13.0. The number of carbonyl (C=O) groups excluding carboxylic acids is 1. The van der Waals surface area contributed by atoms with Gasteiger partial charge in [0.2, 0.25) is 11.8 Å². The van der Waals surface area contributed by atoms with Crippen LogP contribution in [0.5, 0.6) is 17.8 Å². The molecular weight excluding hydrogens is 240 g/mol. The van der Waals surface area contributed by atoms with Gasteiger partial charge in [-0.05, 0) is 0 Å². The van der Waals surface area contributed by atoms with Gasteiger partial charge in [-0.3, -0.25) is 4.79 Å². The van der Waals surface area contributed by atoms with Crippen LogP contribution in [0.15, 0.2) is 0 Å². The lowest BCUT2D eigenvalue weighted by Gasteiger charge is -2.14. The zero-order valence-corrected chi connectivity index (χ0v) is 10.2. The van der Waals surface area contributed by atoms with Crippen LogP contribution in [-0.4, -0.2) is 49.8 Å². The number of carbonyl (C=O) groups is 1. The summed E-state index contributed by atoms with van der Waals surface area (Å²) in [5, 5.41) is 0. The minimum Gasteiger partial charge on any atom is -0.480 e. The number of ether oxygens (including phenoxy) is 4. The van der Waals surface area contributed by atoms with E-state index in [9.17, 15) is 4.79 Å². The molecule has 0 spiro atoms. The smallest absolute Gasteiger partial charge is 0.322 e. The molecule has 0 amide bonds. The molecule has 18 heavy (non-hydrogen) atoms. The van der Waals surface area contributed by atoms with Crippen LogP contribution in [0.3, 0.4) is 0 Å².